The van der Waals surface area contributed by atoms with Crippen molar-refractivity contribution in [2.24, 2.45) is 16.5 Å². The zero-order valence-electron chi connectivity index (χ0n) is 10.2. The Labute approximate surface area is 105 Å². The van der Waals surface area contributed by atoms with Crippen molar-refractivity contribution in [1.29, 1.82) is 0 Å². The van der Waals surface area contributed by atoms with Crippen LogP contribution >= 0.6 is 0 Å². The van der Waals surface area contributed by atoms with Crippen molar-refractivity contribution in [2.75, 3.05) is 7.05 Å². The third-order valence-electron chi connectivity index (χ3n) is 2.97. The first-order chi connectivity index (χ1) is 8.51. The molecular formula is C11H18N4O3. The van der Waals surface area contributed by atoms with Crippen molar-refractivity contribution >= 4 is 5.71 Å². The maximum atomic E-state index is 10.9. The summed E-state index contributed by atoms with van der Waals surface area (Å²) in [5, 5.41) is 20.5. The number of aliphatic imine (C=N–C) groups is 1. The molecule has 0 spiro atoms. The Bertz CT molecular complexity index is 415. The Morgan fingerprint density at radius 1 is 1.72 bits per heavy atom. The molecule has 0 bridgehead atoms. The van der Waals surface area contributed by atoms with E-state index in [4.69, 9.17) is 11.5 Å². The van der Waals surface area contributed by atoms with Gasteiger partial charge in [-0.15, -0.1) is 0 Å². The number of aliphatic hydroxyl groups is 1. The van der Waals surface area contributed by atoms with E-state index in [0.29, 0.717) is 24.8 Å². The molecule has 0 aromatic carbocycles. The first kappa shape index (κ1) is 14.3. The van der Waals surface area contributed by atoms with Crippen LogP contribution in [0.15, 0.2) is 28.5 Å². The first-order valence-corrected chi connectivity index (χ1v) is 5.67. The van der Waals surface area contributed by atoms with Gasteiger partial charge in [0, 0.05) is 13.1 Å². The highest BCUT2D eigenvalue weighted by Crippen LogP contribution is 2.21. The van der Waals surface area contributed by atoms with Crippen molar-refractivity contribution in [3.63, 3.8) is 0 Å². The molecule has 5 N–H and O–H groups in total. The molecule has 0 aromatic heterocycles. The number of rotatable bonds is 3. The van der Waals surface area contributed by atoms with Crippen LogP contribution < -0.4 is 11.5 Å². The van der Waals surface area contributed by atoms with E-state index >= 15 is 0 Å². The first-order valence-electron chi connectivity index (χ1n) is 5.67. The predicted octanol–water partition coefficient (Wildman–Crippen LogP) is -0.0675. The molecule has 1 rings (SSSR count). The van der Waals surface area contributed by atoms with Crippen LogP contribution in [0.25, 0.3) is 0 Å². The SMILES string of the molecule is CN=C(C1=CCC(O)C(N)CC1)/C(=C\N)[N+](=O)[O-]. The van der Waals surface area contributed by atoms with E-state index in [1.807, 2.05) is 0 Å². The van der Waals surface area contributed by atoms with Crippen LogP contribution in [-0.4, -0.2) is 34.9 Å². The molecule has 0 saturated carbocycles. The lowest BCUT2D eigenvalue weighted by atomic mass is 10.0. The van der Waals surface area contributed by atoms with E-state index in [-0.39, 0.29) is 17.5 Å². The number of hydrogen-bond acceptors (Lipinski definition) is 6. The Morgan fingerprint density at radius 3 is 2.89 bits per heavy atom. The summed E-state index contributed by atoms with van der Waals surface area (Å²) < 4.78 is 0. The molecule has 0 radical (unpaired) electrons. The molecule has 18 heavy (non-hydrogen) atoms. The lowest BCUT2D eigenvalue weighted by Gasteiger charge is -2.13. The van der Waals surface area contributed by atoms with Gasteiger partial charge in [-0.25, -0.2) is 0 Å². The van der Waals surface area contributed by atoms with Gasteiger partial charge in [0.15, 0.2) is 0 Å². The van der Waals surface area contributed by atoms with Gasteiger partial charge in [-0.1, -0.05) is 6.08 Å². The summed E-state index contributed by atoms with van der Waals surface area (Å²) in [7, 11) is 1.48. The second-order valence-corrected chi connectivity index (χ2v) is 4.12. The molecule has 1 aliphatic rings. The fraction of sp³-hybridized carbons (Fsp3) is 0.545. The number of nitrogens with zero attached hydrogens (tertiary/aromatic N) is 2. The van der Waals surface area contributed by atoms with Gasteiger partial charge < -0.3 is 16.6 Å². The van der Waals surface area contributed by atoms with Crippen molar-refractivity contribution in [3.8, 4) is 0 Å². The van der Waals surface area contributed by atoms with Crippen molar-refractivity contribution in [3.05, 3.63) is 33.7 Å². The van der Waals surface area contributed by atoms with Crippen molar-refractivity contribution in [1.82, 2.24) is 0 Å². The molecule has 7 nitrogen and oxygen atoms in total. The molecule has 2 unspecified atom stereocenters. The molecular weight excluding hydrogens is 236 g/mol. The smallest absolute Gasteiger partial charge is 0.309 e. The molecule has 0 fully saturated rings. The second kappa shape index (κ2) is 6.27. The van der Waals surface area contributed by atoms with Gasteiger partial charge in [-0.2, -0.15) is 0 Å². The Kier molecular flexibility index (Phi) is 4.99. The fourth-order valence-electron chi connectivity index (χ4n) is 1.92. The fourth-order valence-corrected chi connectivity index (χ4v) is 1.92. The highest BCUT2D eigenvalue weighted by atomic mass is 16.6. The topological polar surface area (TPSA) is 128 Å². The quantitative estimate of drug-likeness (QED) is 0.369. The standard InChI is InChI=1S/C11H18N4O3/c1-14-11(9(6-12)15(17)18)7-2-4-8(13)10(16)5-3-7/h3,6,8,10,16H,2,4-5,12-13H2,1H3/b9-6+,14-11?. The van der Waals surface area contributed by atoms with E-state index < -0.39 is 11.0 Å². The van der Waals surface area contributed by atoms with Gasteiger partial charge in [0.05, 0.1) is 17.2 Å². The molecule has 0 aliphatic heterocycles. The maximum absolute atomic E-state index is 10.9. The van der Waals surface area contributed by atoms with E-state index in [0.717, 1.165) is 6.20 Å². The predicted molar refractivity (Wildman–Crippen MR) is 68.5 cm³/mol. The monoisotopic (exact) mass is 254 g/mol. The van der Waals surface area contributed by atoms with E-state index in [1.165, 1.54) is 7.05 Å². The van der Waals surface area contributed by atoms with Crippen LogP contribution in [0.3, 0.4) is 0 Å². The van der Waals surface area contributed by atoms with Crippen LogP contribution in [0.5, 0.6) is 0 Å². The maximum Gasteiger partial charge on any atom is 0.309 e. The Morgan fingerprint density at radius 2 is 2.39 bits per heavy atom. The van der Waals surface area contributed by atoms with Crippen LogP contribution in [0.1, 0.15) is 19.3 Å². The second-order valence-electron chi connectivity index (χ2n) is 4.12. The van der Waals surface area contributed by atoms with Gasteiger partial charge >= 0.3 is 5.70 Å². The minimum absolute atomic E-state index is 0.228. The van der Waals surface area contributed by atoms with Gasteiger partial charge in [0.1, 0.15) is 5.71 Å². The Balaban J connectivity index is 3.01. The molecule has 2 atom stereocenters. The number of nitrogens with two attached hydrogens (primary N) is 2. The highest BCUT2D eigenvalue weighted by Gasteiger charge is 2.25. The molecule has 0 aromatic rings. The summed E-state index contributed by atoms with van der Waals surface area (Å²) in [4.78, 5) is 14.2. The van der Waals surface area contributed by atoms with Crippen LogP contribution in [-0.2, 0) is 0 Å². The highest BCUT2D eigenvalue weighted by molar-refractivity contribution is 6.10. The average Bonchev–Trinajstić information content (AvgIpc) is 2.50. The summed E-state index contributed by atoms with van der Waals surface area (Å²) in [5.74, 6) is 0. The van der Waals surface area contributed by atoms with Crippen molar-refractivity contribution < 1.29 is 10.0 Å². The summed E-state index contributed by atoms with van der Waals surface area (Å²) in [6.07, 6.45) is 3.52. The Hall–Kier alpha value is -1.73. The minimum Gasteiger partial charge on any atom is -0.399 e. The third kappa shape index (κ3) is 3.14. The van der Waals surface area contributed by atoms with E-state index in [9.17, 15) is 15.2 Å². The summed E-state index contributed by atoms with van der Waals surface area (Å²) in [5.41, 5.74) is 11.8. The summed E-state index contributed by atoms with van der Waals surface area (Å²) in [6, 6.07) is -0.322. The lowest BCUT2D eigenvalue weighted by molar-refractivity contribution is -0.415. The molecule has 0 heterocycles. The number of aliphatic hydroxyl groups excluding tert-OH is 1. The minimum atomic E-state index is -0.624. The van der Waals surface area contributed by atoms with Crippen LogP contribution in [0.2, 0.25) is 0 Å². The van der Waals surface area contributed by atoms with Gasteiger partial charge in [0.2, 0.25) is 0 Å². The average molecular weight is 254 g/mol. The molecule has 0 amide bonds. The zero-order valence-corrected chi connectivity index (χ0v) is 10.2. The van der Waals surface area contributed by atoms with Crippen LogP contribution in [0, 0.1) is 10.1 Å². The van der Waals surface area contributed by atoms with Gasteiger partial charge in [-0.05, 0) is 24.8 Å². The lowest BCUT2D eigenvalue weighted by Crippen LogP contribution is -2.33. The zero-order chi connectivity index (χ0) is 13.7. The molecule has 100 valence electrons. The number of nitro groups is 1. The van der Waals surface area contributed by atoms with Crippen LogP contribution in [0.4, 0.5) is 0 Å². The number of hydrogen-bond donors (Lipinski definition) is 3. The normalized spacial score (nSPS) is 26.5. The molecule has 1 aliphatic carbocycles. The molecule has 0 saturated heterocycles. The largest absolute Gasteiger partial charge is 0.399 e. The third-order valence-corrected chi connectivity index (χ3v) is 2.97. The summed E-state index contributed by atoms with van der Waals surface area (Å²) in [6.45, 7) is 0. The summed E-state index contributed by atoms with van der Waals surface area (Å²) >= 11 is 0. The van der Waals surface area contributed by atoms with Crippen molar-refractivity contribution in [2.45, 2.75) is 31.4 Å². The molecule has 7 heteroatoms. The number of allylic oxidation sites excluding steroid dienone is 1. The van der Waals surface area contributed by atoms with Gasteiger partial charge in [-0.3, -0.25) is 15.1 Å². The van der Waals surface area contributed by atoms with E-state index in [1.54, 1.807) is 6.08 Å². The van der Waals surface area contributed by atoms with Gasteiger partial charge in [0.25, 0.3) is 0 Å². The van der Waals surface area contributed by atoms with E-state index in [2.05, 4.69) is 4.99 Å².